The van der Waals surface area contributed by atoms with Crippen molar-refractivity contribution < 1.29 is 76.1 Å². The fourth-order valence-electron chi connectivity index (χ4n) is 0. The smallest absolute Gasteiger partial charge is 0 e. The number of hydrogen-bond donors (Lipinski definition) is 1. The van der Waals surface area contributed by atoms with E-state index >= 15 is 0 Å². The van der Waals surface area contributed by atoms with Gasteiger partial charge in [-0.2, -0.15) is 0 Å². The van der Waals surface area contributed by atoms with Crippen molar-refractivity contribution in [1.82, 2.24) is 6.15 Å². The third-order valence-corrected chi connectivity index (χ3v) is 0. The van der Waals surface area contributed by atoms with E-state index in [1.165, 1.54) is 0 Å². The van der Waals surface area contributed by atoms with Crippen molar-refractivity contribution in [2.45, 2.75) is 0 Å². The van der Waals surface area contributed by atoms with Gasteiger partial charge in [0.05, 0.1) is 0 Å². The largest absolute Gasteiger partial charge is 0.652 e. The number of hydrogen-bond acceptors (Lipinski definition) is 10. The summed E-state index contributed by atoms with van der Waals surface area (Å²) in [5.74, 6) is 0. The molecule has 0 bridgehead atoms. The monoisotopic (exact) mass is 435 g/mol. The first-order valence-electron chi connectivity index (χ1n) is 1.84. The minimum Gasteiger partial charge on any atom is -0.652 e. The van der Waals surface area contributed by atoms with Gasteiger partial charge >= 0.3 is 0 Å². The second-order valence-corrected chi connectivity index (χ2v) is 0.750. The van der Waals surface area contributed by atoms with Crippen molar-refractivity contribution in [3.8, 4) is 0 Å². The van der Waals surface area contributed by atoms with Crippen molar-refractivity contribution in [2.24, 2.45) is 0 Å². The molecule has 0 fully saturated rings. The molecular weight excluding hydrogens is 432 g/mol. The maximum Gasteiger partial charge on any atom is 0 e. The van der Waals surface area contributed by atoms with Gasteiger partial charge < -0.3 is 51.2 Å². The van der Waals surface area contributed by atoms with Crippen LogP contribution in [0.4, 0.5) is 14.4 Å². The van der Waals surface area contributed by atoms with E-state index in [2.05, 4.69) is 0 Å². The Morgan fingerprint density at radius 3 is 0.571 bits per heavy atom. The third kappa shape index (κ3) is 752. The third-order valence-electron chi connectivity index (χ3n) is 0. The van der Waals surface area contributed by atoms with Gasteiger partial charge in [-0.25, -0.2) is 0 Å². The molecule has 0 aliphatic rings. The quantitative estimate of drug-likeness (QED) is 0.378. The van der Waals surface area contributed by atoms with Crippen molar-refractivity contribution in [3.05, 3.63) is 0 Å². The average Bonchev–Trinajstić information content (AvgIpc) is 1.54. The first-order chi connectivity index (χ1) is 5.20. The van der Waals surface area contributed by atoms with Crippen LogP contribution in [0.2, 0.25) is 0 Å². The Bertz CT molecular complexity index is 118. The first kappa shape index (κ1) is 29.3. The molecule has 0 amide bonds. The SMILES string of the molecule is N.O=C([O-])[O-].O=C([O-])[O-].O=C([O-])[O-].[U]. The summed E-state index contributed by atoms with van der Waals surface area (Å²) < 4.78 is 0. The molecule has 0 radical (unpaired) electrons. The van der Waals surface area contributed by atoms with Crippen LogP contribution in [0.25, 0.3) is 0 Å². The number of rotatable bonds is 0. The molecule has 0 saturated carbocycles. The zero-order valence-corrected chi connectivity index (χ0v) is 10.5. The van der Waals surface area contributed by atoms with Gasteiger partial charge in [-0.3, -0.25) is 0 Å². The Morgan fingerprint density at radius 2 is 0.571 bits per heavy atom. The number of carbonyl (C=O) groups is 3. The predicted molar refractivity (Wildman–Crippen MR) is 21.2 cm³/mol. The molecule has 0 aliphatic carbocycles. The maximum atomic E-state index is 8.33. The number of carboxylic acid groups (broad SMARTS) is 6. The van der Waals surface area contributed by atoms with E-state index < -0.39 is 18.5 Å². The van der Waals surface area contributed by atoms with Crippen LogP contribution in [0.3, 0.4) is 0 Å². The Morgan fingerprint density at radius 1 is 0.571 bits per heavy atom. The van der Waals surface area contributed by atoms with E-state index in [0.29, 0.717) is 0 Å². The summed E-state index contributed by atoms with van der Waals surface area (Å²) in [4.78, 5) is 25.0. The molecule has 0 aliphatic heterocycles. The molecule has 10 nitrogen and oxygen atoms in total. The van der Waals surface area contributed by atoms with E-state index in [1.54, 1.807) is 0 Å². The standard InChI is InChI=1S/3CH2O3.H3N.U/c3*2-1(3)4;;/h3*(H2,2,3,4);1H3;/p-6. The fraction of sp³-hybridized carbons (Fsp3) is 0. The van der Waals surface area contributed by atoms with Crippen LogP contribution in [0.1, 0.15) is 0 Å². The van der Waals surface area contributed by atoms with Crippen molar-refractivity contribution in [1.29, 1.82) is 0 Å². The summed E-state index contributed by atoms with van der Waals surface area (Å²) in [7, 11) is 0. The molecule has 11 heteroatoms. The topological polar surface area (TPSA) is 225 Å². The van der Waals surface area contributed by atoms with Crippen LogP contribution in [0.15, 0.2) is 0 Å². The van der Waals surface area contributed by atoms with Gasteiger partial charge in [-0.05, 0) is 18.5 Å². The maximum absolute atomic E-state index is 8.33. The zero-order chi connectivity index (χ0) is 10.7. The van der Waals surface area contributed by atoms with Crippen LogP contribution < -0.4 is 36.8 Å². The molecule has 0 atom stereocenters. The van der Waals surface area contributed by atoms with Gasteiger partial charge in [0.1, 0.15) is 0 Å². The zero-order valence-electron chi connectivity index (χ0n) is 6.38. The minimum atomic E-state index is -2.33. The van der Waals surface area contributed by atoms with Gasteiger partial charge in [0.25, 0.3) is 0 Å². The molecule has 0 spiro atoms. The summed E-state index contributed by atoms with van der Waals surface area (Å²) in [6.07, 6.45) is -7.00. The summed E-state index contributed by atoms with van der Waals surface area (Å²) >= 11 is 0. The molecule has 0 aromatic rings. The van der Waals surface area contributed by atoms with Crippen molar-refractivity contribution in [3.63, 3.8) is 0 Å². The molecule has 3 N–H and O–H groups in total. The molecule has 0 aromatic heterocycles. The van der Waals surface area contributed by atoms with Crippen molar-refractivity contribution >= 4 is 18.5 Å². The number of carbonyl (C=O) groups excluding carboxylic acids is 3. The van der Waals surface area contributed by atoms with Gasteiger partial charge in [0.2, 0.25) is 0 Å². The molecule has 0 saturated heterocycles. The summed E-state index contributed by atoms with van der Waals surface area (Å²) in [6, 6.07) is 0. The van der Waals surface area contributed by atoms with Gasteiger partial charge in [-0.1, -0.05) is 0 Å². The van der Waals surface area contributed by atoms with Crippen LogP contribution >= 0.6 is 0 Å². The van der Waals surface area contributed by atoms with Crippen LogP contribution in [0.5, 0.6) is 0 Å². The Hall–Kier alpha value is -1.18. The second kappa shape index (κ2) is 22.6. The van der Waals surface area contributed by atoms with Crippen molar-refractivity contribution in [2.75, 3.05) is 0 Å². The van der Waals surface area contributed by atoms with Crippen LogP contribution in [0, 0.1) is 31.1 Å². The van der Waals surface area contributed by atoms with Gasteiger partial charge in [0.15, 0.2) is 0 Å². The summed E-state index contributed by atoms with van der Waals surface area (Å²) in [6.45, 7) is 0. The molecule has 0 rings (SSSR count). The van der Waals surface area contributed by atoms with E-state index in [0.717, 1.165) is 0 Å². The van der Waals surface area contributed by atoms with Gasteiger partial charge in [0, 0.05) is 31.1 Å². The fourth-order valence-corrected chi connectivity index (χ4v) is 0. The van der Waals surface area contributed by atoms with E-state index in [-0.39, 0.29) is 37.3 Å². The summed E-state index contributed by atoms with van der Waals surface area (Å²) in [5.41, 5.74) is 0. The predicted octanol–water partition coefficient (Wildman–Crippen LogP) is -7.18. The normalized spacial score (nSPS) is 5.14. The first-order valence-corrected chi connectivity index (χ1v) is 1.84. The van der Waals surface area contributed by atoms with Crippen LogP contribution in [-0.4, -0.2) is 18.5 Å². The Kier molecular flexibility index (Phi) is 47.3. The average molecular weight is 435 g/mol. The Labute approximate surface area is 101 Å². The van der Waals surface area contributed by atoms with Gasteiger partial charge in [-0.15, -0.1) is 0 Å². The molecule has 0 unspecified atom stereocenters. The second-order valence-electron chi connectivity index (χ2n) is 0.750. The van der Waals surface area contributed by atoms with E-state index in [9.17, 15) is 0 Å². The molecule has 0 heterocycles. The minimum absolute atomic E-state index is 0. The Balaban J connectivity index is -0.0000000270. The van der Waals surface area contributed by atoms with E-state index in [4.69, 9.17) is 45.0 Å². The summed E-state index contributed by atoms with van der Waals surface area (Å²) in [5, 5.41) is 50.0. The molecule has 0 aromatic carbocycles. The molecular formula is C3H3NO9U-6. The molecule has 14 heavy (non-hydrogen) atoms. The molecule has 84 valence electrons. The van der Waals surface area contributed by atoms with E-state index in [1.807, 2.05) is 0 Å². The van der Waals surface area contributed by atoms with Crippen LogP contribution in [-0.2, 0) is 0 Å².